The maximum atomic E-state index is 4.42. The zero-order valence-electron chi connectivity index (χ0n) is 9.71. The van der Waals surface area contributed by atoms with E-state index in [2.05, 4.69) is 33.2 Å². The summed E-state index contributed by atoms with van der Waals surface area (Å²) in [6, 6.07) is 0.610. The molecule has 0 aromatic carbocycles. The summed E-state index contributed by atoms with van der Waals surface area (Å²) in [6.07, 6.45) is 8.21. The normalized spacial score (nSPS) is 19.6. The predicted octanol–water partition coefficient (Wildman–Crippen LogP) is 4.68. The smallest absolute Gasteiger partial charge is 0.183 e. The summed E-state index contributed by atoms with van der Waals surface area (Å²) < 4.78 is 0.943. The van der Waals surface area contributed by atoms with Crippen molar-refractivity contribution in [3.63, 3.8) is 0 Å². The number of anilines is 1. The van der Waals surface area contributed by atoms with Crippen molar-refractivity contribution in [2.45, 2.75) is 51.5 Å². The van der Waals surface area contributed by atoms with Crippen LogP contribution in [0.4, 0.5) is 5.13 Å². The Balaban J connectivity index is 1.94. The summed E-state index contributed by atoms with van der Waals surface area (Å²) in [5.41, 5.74) is 0. The van der Waals surface area contributed by atoms with Gasteiger partial charge in [0.05, 0.1) is 0 Å². The van der Waals surface area contributed by atoms with Crippen LogP contribution in [0.2, 0.25) is 0 Å². The summed E-state index contributed by atoms with van der Waals surface area (Å²) in [7, 11) is 0. The van der Waals surface area contributed by atoms with E-state index in [0.717, 1.165) is 15.7 Å². The van der Waals surface area contributed by atoms with Crippen molar-refractivity contribution in [3.05, 3.63) is 9.98 Å². The van der Waals surface area contributed by atoms with Gasteiger partial charge in [-0.2, -0.15) is 0 Å². The van der Waals surface area contributed by atoms with Gasteiger partial charge in [-0.05, 0) is 41.1 Å². The lowest BCUT2D eigenvalue weighted by Gasteiger charge is -2.30. The fraction of sp³-hybridized carbons (Fsp3) is 0.750. The van der Waals surface area contributed by atoms with Gasteiger partial charge in [-0.1, -0.05) is 26.2 Å². The van der Waals surface area contributed by atoms with Gasteiger partial charge in [0.25, 0.3) is 0 Å². The Bertz CT molecular complexity index is 321. The average Bonchev–Trinajstić information content (AvgIpc) is 2.73. The molecule has 0 bridgehead atoms. The topological polar surface area (TPSA) is 24.9 Å². The van der Waals surface area contributed by atoms with E-state index in [0.29, 0.717) is 6.04 Å². The number of halogens is 1. The maximum absolute atomic E-state index is 4.42. The van der Waals surface area contributed by atoms with Crippen LogP contribution in [0.15, 0.2) is 9.98 Å². The van der Waals surface area contributed by atoms with Crippen molar-refractivity contribution in [2.75, 3.05) is 5.32 Å². The first kappa shape index (κ1) is 12.4. The summed E-state index contributed by atoms with van der Waals surface area (Å²) in [5, 5.41) is 6.69. The molecule has 0 amide bonds. The fourth-order valence-corrected chi connectivity index (χ4v) is 3.78. The molecule has 1 heterocycles. The van der Waals surface area contributed by atoms with E-state index in [1.807, 2.05) is 5.38 Å². The van der Waals surface area contributed by atoms with Crippen LogP contribution in [-0.2, 0) is 0 Å². The standard InChI is InChI=1S/C12H19BrN2S/c1-2-10(9-6-4-3-5-7-9)14-12-15-11(13)8-16-12/h8-10H,2-7H2,1H3,(H,14,15). The Kier molecular flexibility index (Phi) is 4.65. The molecule has 90 valence electrons. The molecule has 1 aromatic rings. The molecule has 1 aliphatic rings. The minimum absolute atomic E-state index is 0.610. The lowest BCUT2D eigenvalue weighted by atomic mass is 9.83. The molecule has 16 heavy (non-hydrogen) atoms. The van der Waals surface area contributed by atoms with Gasteiger partial charge in [-0.3, -0.25) is 0 Å². The molecule has 1 saturated carbocycles. The number of rotatable bonds is 4. The number of hydrogen-bond donors (Lipinski definition) is 1. The van der Waals surface area contributed by atoms with E-state index in [1.165, 1.54) is 38.5 Å². The second-order valence-corrected chi connectivity index (χ2v) is 6.20. The molecule has 0 saturated heterocycles. The van der Waals surface area contributed by atoms with E-state index in [-0.39, 0.29) is 0 Å². The fourth-order valence-electron chi connectivity index (χ4n) is 2.57. The average molecular weight is 303 g/mol. The molecule has 0 spiro atoms. The third-order valence-electron chi connectivity index (χ3n) is 3.44. The van der Waals surface area contributed by atoms with Gasteiger partial charge in [0.1, 0.15) is 4.60 Å². The molecule has 0 aliphatic heterocycles. The SMILES string of the molecule is CCC(Nc1nc(Br)cs1)C1CCCCC1. The van der Waals surface area contributed by atoms with E-state index >= 15 is 0 Å². The largest absolute Gasteiger partial charge is 0.358 e. The van der Waals surface area contributed by atoms with Gasteiger partial charge in [-0.25, -0.2) is 4.98 Å². The Morgan fingerprint density at radius 1 is 1.50 bits per heavy atom. The Morgan fingerprint density at radius 3 is 2.81 bits per heavy atom. The Hall–Kier alpha value is -0.0900. The van der Waals surface area contributed by atoms with Gasteiger partial charge >= 0.3 is 0 Å². The highest BCUT2D eigenvalue weighted by molar-refractivity contribution is 9.10. The summed E-state index contributed by atoms with van der Waals surface area (Å²) in [6.45, 7) is 2.27. The molecule has 1 atom stereocenters. The molecule has 1 N–H and O–H groups in total. The van der Waals surface area contributed by atoms with Crippen molar-refractivity contribution in [2.24, 2.45) is 5.92 Å². The van der Waals surface area contributed by atoms with Gasteiger partial charge in [0.2, 0.25) is 0 Å². The number of nitrogens with zero attached hydrogens (tertiary/aromatic N) is 1. The van der Waals surface area contributed by atoms with E-state index < -0.39 is 0 Å². The van der Waals surface area contributed by atoms with Crippen LogP contribution in [0.25, 0.3) is 0 Å². The van der Waals surface area contributed by atoms with E-state index in [4.69, 9.17) is 0 Å². The highest BCUT2D eigenvalue weighted by Crippen LogP contribution is 2.30. The van der Waals surface area contributed by atoms with Crippen LogP contribution in [0.3, 0.4) is 0 Å². The second kappa shape index (κ2) is 6.01. The monoisotopic (exact) mass is 302 g/mol. The van der Waals surface area contributed by atoms with Crippen molar-refractivity contribution >= 4 is 32.4 Å². The molecule has 4 heteroatoms. The third-order valence-corrected chi connectivity index (χ3v) is 4.93. The van der Waals surface area contributed by atoms with Gasteiger partial charge < -0.3 is 5.32 Å². The molecule has 0 radical (unpaired) electrons. The van der Waals surface area contributed by atoms with Gasteiger partial charge in [-0.15, -0.1) is 11.3 Å². The first-order valence-corrected chi connectivity index (χ1v) is 7.84. The summed E-state index contributed by atoms with van der Waals surface area (Å²) in [5.74, 6) is 0.849. The number of thiazole rings is 1. The maximum Gasteiger partial charge on any atom is 0.183 e. The Morgan fingerprint density at radius 2 is 2.25 bits per heavy atom. The van der Waals surface area contributed by atoms with Gasteiger partial charge in [0, 0.05) is 11.4 Å². The zero-order valence-corrected chi connectivity index (χ0v) is 12.1. The Labute approximate surface area is 110 Å². The molecule has 2 nitrogen and oxygen atoms in total. The van der Waals surface area contributed by atoms with Crippen molar-refractivity contribution < 1.29 is 0 Å². The van der Waals surface area contributed by atoms with Crippen molar-refractivity contribution in [1.82, 2.24) is 4.98 Å². The molecule has 1 unspecified atom stereocenters. The van der Waals surface area contributed by atoms with Crippen LogP contribution >= 0.6 is 27.3 Å². The lowest BCUT2D eigenvalue weighted by Crippen LogP contribution is -2.30. The minimum Gasteiger partial charge on any atom is -0.358 e. The quantitative estimate of drug-likeness (QED) is 0.874. The van der Waals surface area contributed by atoms with E-state index in [1.54, 1.807) is 11.3 Å². The first-order chi connectivity index (χ1) is 7.79. The molecule has 1 aliphatic carbocycles. The third kappa shape index (κ3) is 3.20. The molecule has 1 fully saturated rings. The van der Waals surface area contributed by atoms with Crippen LogP contribution in [0.1, 0.15) is 45.4 Å². The minimum atomic E-state index is 0.610. The second-order valence-electron chi connectivity index (χ2n) is 4.53. The molecule has 1 aromatic heterocycles. The lowest BCUT2D eigenvalue weighted by molar-refractivity contribution is 0.313. The first-order valence-electron chi connectivity index (χ1n) is 6.17. The van der Waals surface area contributed by atoms with Gasteiger partial charge in [0.15, 0.2) is 5.13 Å². The summed E-state index contributed by atoms with van der Waals surface area (Å²) in [4.78, 5) is 4.42. The number of aromatic nitrogens is 1. The van der Waals surface area contributed by atoms with Crippen molar-refractivity contribution in [1.29, 1.82) is 0 Å². The van der Waals surface area contributed by atoms with Crippen LogP contribution < -0.4 is 5.32 Å². The molecular weight excluding hydrogens is 284 g/mol. The highest BCUT2D eigenvalue weighted by Gasteiger charge is 2.22. The van der Waals surface area contributed by atoms with Crippen LogP contribution in [-0.4, -0.2) is 11.0 Å². The molecular formula is C12H19BrN2S. The summed E-state index contributed by atoms with van der Waals surface area (Å²) >= 11 is 5.09. The van der Waals surface area contributed by atoms with Crippen LogP contribution in [0, 0.1) is 5.92 Å². The van der Waals surface area contributed by atoms with E-state index in [9.17, 15) is 0 Å². The predicted molar refractivity (Wildman–Crippen MR) is 74.1 cm³/mol. The highest BCUT2D eigenvalue weighted by atomic mass is 79.9. The number of hydrogen-bond acceptors (Lipinski definition) is 3. The zero-order chi connectivity index (χ0) is 11.4. The number of nitrogens with one attached hydrogen (secondary N) is 1. The molecule has 2 rings (SSSR count). The van der Waals surface area contributed by atoms with Crippen molar-refractivity contribution in [3.8, 4) is 0 Å². The van der Waals surface area contributed by atoms with Crippen LogP contribution in [0.5, 0.6) is 0 Å².